The predicted molar refractivity (Wildman–Crippen MR) is 73.1 cm³/mol. The summed E-state index contributed by atoms with van der Waals surface area (Å²) < 4.78 is 5.08. The van der Waals surface area contributed by atoms with Crippen molar-refractivity contribution in [3.05, 3.63) is 29.8 Å². The zero-order valence-electron chi connectivity index (χ0n) is 11.6. The Morgan fingerprint density at radius 3 is 2.53 bits per heavy atom. The highest BCUT2D eigenvalue weighted by atomic mass is 16.5. The molecular formula is C15H21NO3. The minimum atomic E-state index is -0.648. The van der Waals surface area contributed by atoms with Crippen LogP contribution in [-0.2, 0) is 11.2 Å². The molecule has 1 aliphatic rings. The van der Waals surface area contributed by atoms with E-state index in [4.69, 9.17) is 4.74 Å². The van der Waals surface area contributed by atoms with Crippen molar-refractivity contribution in [3.8, 4) is 5.75 Å². The number of rotatable bonds is 5. The van der Waals surface area contributed by atoms with E-state index in [0.29, 0.717) is 19.5 Å². The molecule has 0 radical (unpaired) electrons. The molecular weight excluding hydrogens is 242 g/mol. The third-order valence-electron chi connectivity index (χ3n) is 3.55. The highest BCUT2D eigenvalue weighted by Gasteiger charge is 2.42. The minimum absolute atomic E-state index is 0.0749. The second kappa shape index (κ2) is 5.61. The number of hydrogen-bond donors (Lipinski definition) is 1. The summed E-state index contributed by atoms with van der Waals surface area (Å²) in [5, 5.41) is 10.1. The van der Waals surface area contributed by atoms with E-state index >= 15 is 0 Å². The molecule has 0 atom stereocenters. The number of amides is 1. The van der Waals surface area contributed by atoms with Gasteiger partial charge in [0.1, 0.15) is 5.75 Å². The lowest BCUT2D eigenvalue weighted by Crippen LogP contribution is -2.63. The van der Waals surface area contributed by atoms with Crippen molar-refractivity contribution in [1.29, 1.82) is 0 Å². The van der Waals surface area contributed by atoms with Crippen molar-refractivity contribution in [2.24, 2.45) is 0 Å². The van der Waals surface area contributed by atoms with E-state index in [1.165, 1.54) is 0 Å². The van der Waals surface area contributed by atoms with Gasteiger partial charge in [-0.2, -0.15) is 0 Å². The molecule has 1 amide bonds. The molecule has 0 bridgehead atoms. The molecule has 0 saturated carbocycles. The van der Waals surface area contributed by atoms with E-state index < -0.39 is 5.60 Å². The number of hydrogen-bond acceptors (Lipinski definition) is 3. The van der Waals surface area contributed by atoms with Crippen molar-refractivity contribution in [3.63, 3.8) is 0 Å². The van der Waals surface area contributed by atoms with Crippen LogP contribution in [0.15, 0.2) is 24.3 Å². The molecule has 104 valence electrons. The van der Waals surface area contributed by atoms with Gasteiger partial charge in [0.2, 0.25) is 5.91 Å². The first-order valence-corrected chi connectivity index (χ1v) is 6.69. The van der Waals surface area contributed by atoms with Crippen LogP contribution in [0.3, 0.4) is 0 Å². The fraction of sp³-hybridized carbons (Fsp3) is 0.533. The number of carbonyl (C=O) groups excluding carboxylic acids is 1. The zero-order valence-corrected chi connectivity index (χ0v) is 11.6. The molecule has 4 heteroatoms. The molecule has 19 heavy (non-hydrogen) atoms. The molecule has 1 fully saturated rings. The van der Waals surface area contributed by atoms with Crippen LogP contribution in [-0.4, -0.2) is 41.7 Å². The smallest absolute Gasteiger partial charge is 0.227 e. The lowest BCUT2D eigenvalue weighted by atomic mass is 9.89. The minimum Gasteiger partial charge on any atom is -0.497 e. The number of benzene rings is 1. The SMILES string of the molecule is CCCC1(O)CN(C(=O)Cc2ccc(OC)cc2)C1. The molecule has 4 nitrogen and oxygen atoms in total. The van der Waals surface area contributed by atoms with Gasteiger partial charge in [0.25, 0.3) is 0 Å². The van der Waals surface area contributed by atoms with E-state index in [0.717, 1.165) is 24.2 Å². The van der Waals surface area contributed by atoms with Crippen LogP contribution in [0.1, 0.15) is 25.3 Å². The maximum atomic E-state index is 12.0. The molecule has 1 aromatic rings. The van der Waals surface area contributed by atoms with Crippen molar-refractivity contribution in [1.82, 2.24) is 4.90 Å². The van der Waals surface area contributed by atoms with Gasteiger partial charge in [-0.15, -0.1) is 0 Å². The van der Waals surface area contributed by atoms with Gasteiger partial charge in [-0.3, -0.25) is 4.79 Å². The molecule has 1 N–H and O–H groups in total. The second-order valence-corrected chi connectivity index (χ2v) is 5.25. The van der Waals surface area contributed by atoms with Crippen LogP contribution in [0, 0.1) is 0 Å². The molecule has 2 rings (SSSR count). The van der Waals surface area contributed by atoms with Gasteiger partial charge in [0, 0.05) is 0 Å². The number of likely N-dealkylation sites (tertiary alicyclic amines) is 1. The molecule has 0 aromatic heterocycles. The lowest BCUT2D eigenvalue weighted by Gasteiger charge is -2.46. The van der Waals surface area contributed by atoms with Gasteiger partial charge < -0.3 is 14.7 Å². The molecule has 0 unspecified atom stereocenters. The Morgan fingerprint density at radius 2 is 2.00 bits per heavy atom. The molecule has 1 saturated heterocycles. The maximum absolute atomic E-state index is 12.0. The zero-order chi connectivity index (χ0) is 13.9. The standard InChI is InChI=1S/C15H21NO3/c1-3-8-15(18)10-16(11-15)14(17)9-12-4-6-13(19-2)7-5-12/h4-7,18H,3,8-11H2,1-2H3. The fourth-order valence-corrected chi connectivity index (χ4v) is 2.49. The average molecular weight is 263 g/mol. The molecule has 0 aliphatic carbocycles. The van der Waals surface area contributed by atoms with Crippen LogP contribution >= 0.6 is 0 Å². The van der Waals surface area contributed by atoms with Crippen molar-refractivity contribution >= 4 is 5.91 Å². The number of nitrogens with zero attached hydrogens (tertiary/aromatic N) is 1. The second-order valence-electron chi connectivity index (χ2n) is 5.25. The molecule has 1 aromatic carbocycles. The van der Waals surface area contributed by atoms with Crippen molar-refractivity contribution in [2.45, 2.75) is 31.8 Å². The molecule has 1 aliphatic heterocycles. The highest BCUT2D eigenvalue weighted by molar-refractivity contribution is 5.80. The van der Waals surface area contributed by atoms with Crippen LogP contribution in [0.2, 0.25) is 0 Å². The highest BCUT2D eigenvalue weighted by Crippen LogP contribution is 2.26. The van der Waals surface area contributed by atoms with Gasteiger partial charge in [-0.25, -0.2) is 0 Å². The predicted octanol–water partition coefficient (Wildman–Crippen LogP) is 1.61. The summed E-state index contributed by atoms with van der Waals surface area (Å²) in [5.41, 5.74) is 0.321. The normalized spacial score (nSPS) is 16.9. The third-order valence-corrected chi connectivity index (χ3v) is 3.55. The first-order chi connectivity index (χ1) is 9.06. The van der Waals surface area contributed by atoms with Crippen LogP contribution in [0.5, 0.6) is 5.75 Å². The Kier molecular flexibility index (Phi) is 4.10. The maximum Gasteiger partial charge on any atom is 0.227 e. The summed E-state index contributed by atoms with van der Waals surface area (Å²) in [6.07, 6.45) is 2.09. The average Bonchev–Trinajstić information content (AvgIpc) is 2.37. The summed E-state index contributed by atoms with van der Waals surface area (Å²) in [6, 6.07) is 7.50. The van der Waals surface area contributed by atoms with E-state index in [1.54, 1.807) is 12.0 Å². The summed E-state index contributed by atoms with van der Waals surface area (Å²) in [5.74, 6) is 0.864. The number of carbonyl (C=O) groups is 1. The summed E-state index contributed by atoms with van der Waals surface area (Å²) in [4.78, 5) is 13.7. The Hall–Kier alpha value is -1.55. The first kappa shape index (κ1) is 13.9. The van der Waals surface area contributed by atoms with Gasteiger partial charge in [0.05, 0.1) is 32.2 Å². The van der Waals surface area contributed by atoms with Gasteiger partial charge in [-0.05, 0) is 24.1 Å². The van der Waals surface area contributed by atoms with E-state index in [1.807, 2.05) is 31.2 Å². The van der Waals surface area contributed by atoms with Crippen molar-refractivity contribution in [2.75, 3.05) is 20.2 Å². The number of aliphatic hydroxyl groups is 1. The van der Waals surface area contributed by atoms with Crippen LogP contribution < -0.4 is 4.74 Å². The van der Waals surface area contributed by atoms with Gasteiger partial charge in [0.15, 0.2) is 0 Å². The summed E-state index contributed by atoms with van der Waals surface area (Å²) >= 11 is 0. The van der Waals surface area contributed by atoms with Crippen LogP contribution in [0.25, 0.3) is 0 Å². The van der Waals surface area contributed by atoms with E-state index in [2.05, 4.69) is 0 Å². The molecule has 1 heterocycles. The van der Waals surface area contributed by atoms with Crippen molar-refractivity contribution < 1.29 is 14.6 Å². The largest absolute Gasteiger partial charge is 0.497 e. The number of β-amino-alcohol motifs (C(OH)–C–C–N with tert-alkyl or cyclic N) is 1. The molecule has 0 spiro atoms. The number of methoxy groups -OCH3 is 1. The van der Waals surface area contributed by atoms with E-state index in [9.17, 15) is 9.90 Å². The Balaban J connectivity index is 1.85. The van der Waals surface area contributed by atoms with Gasteiger partial charge in [-0.1, -0.05) is 25.5 Å². The van der Waals surface area contributed by atoms with Gasteiger partial charge >= 0.3 is 0 Å². The Morgan fingerprint density at radius 1 is 1.37 bits per heavy atom. The quantitative estimate of drug-likeness (QED) is 0.878. The fourth-order valence-electron chi connectivity index (χ4n) is 2.49. The summed E-state index contributed by atoms with van der Waals surface area (Å²) in [7, 11) is 1.62. The first-order valence-electron chi connectivity index (χ1n) is 6.69. The third kappa shape index (κ3) is 3.26. The van der Waals surface area contributed by atoms with Crippen LogP contribution in [0.4, 0.5) is 0 Å². The Bertz CT molecular complexity index is 435. The Labute approximate surface area is 114 Å². The lowest BCUT2D eigenvalue weighted by molar-refractivity contribution is -0.155. The topological polar surface area (TPSA) is 49.8 Å². The summed E-state index contributed by atoms with van der Waals surface area (Å²) in [6.45, 7) is 2.98. The number of ether oxygens (including phenoxy) is 1. The monoisotopic (exact) mass is 263 g/mol. The van der Waals surface area contributed by atoms with E-state index in [-0.39, 0.29) is 5.91 Å².